The second-order valence-corrected chi connectivity index (χ2v) is 5.52. The molecule has 0 rings (SSSR count). The topological polar surface area (TPSA) is 34.1 Å². The third kappa shape index (κ3) is 4.27. The molecule has 0 aliphatic carbocycles. The van der Waals surface area contributed by atoms with Gasteiger partial charge in [0.25, 0.3) is 0 Å². The molecule has 2 nitrogen and oxygen atoms in total. The van der Waals surface area contributed by atoms with Crippen molar-refractivity contribution in [3.05, 3.63) is 0 Å². The number of rotatable bonds is 6. The van der Waals surface area contributed by atoms with Crippen molar-refractivity contribution in [2.45, 2.75) is 46.5 Å². The van der Waals surface area contributed by atoms with Crippen LogP contribution >= 0.6 is 15.9 Å². The fourth-order valence-corrected chi connectivity index (χ4v) is 1.39. The number of hydrogen-bond acceptors (Lipinski definition) is 2. The van der Waals surface area contributed by atoms with Crippen LogP contribution in [-0.2, 0) is 9.59 Å². The molecule has 0 N–H and O–H groups in total. The van der Waals surface area contributed by atoms with E-state index in [0.29, 0.717) is 15.9 Å². The van der Waals surface area contributed by atoms with Gasteiger partial charge in [-0.3, -0.25) is 0 Å². The zero-order valence-corrected chi connectivity index (χ0v) is 13.7. The molecule has 0 radical (unpaired) electrons. The van der Waals surface area contributed by atoms with E-state index in [0.717, 1.165) is 0 Å². The molecule has 0 aromatic carbocycles. The van der Waals surface area contributed by atoms with E-state index >= 15 is 0 Å². The Morgan fingerprint density at radius 2 is 0.586 bits per heavy atom. The van der Waals surface area contributed by atoms with E-state index in [1.54, 1.807) is 0 Å². The highest BCUT2D eigenvalue weighted by Gasteiger charge is 2.95. The van der Waals surface area contributed by atoms with E-state index in [9.17, 15) is 74.6 Å². The molecule has 0 bridgehead atoms. The monoisotopic (exact) mass is 542 g/mol. The molecule has 20 heteroatoms. The van der Waals surface area contributed by atoms with E-state index in [4.69, 9.17) is 9.59 Å². The van der Waals surface area contributed by atoms with E-state index in [1.807, 2.05) is 0 Å². The molecule has 0 aromatic rings. The molecular weight excluding hydrogens is 543 g/mol. The molecule has 29 heavy (non-hydrogen) atoms. The fourth-order valence-electron chi connectivity index (χ4n) is 1.14. The van der Waals surface area contributed by atoms with Crippen molar-refractivity contribution >= 4 is 22.1 Å². The molecule has 0 aliphatic rings. The van der Waals surface area contributed by atoms with Crippen LogP contribution in [0.15, 0.2) is 0 Å². The van der Waals surface area contributed by atoms with Crippen molar-refractivity contribution in [3.63, 3.8) is 0 Å². The summed E-state index contributed by atoms with van der Waals surface area (Å²) >= 11 is 0.360. The summed E-state index contributed by atoms with van der Waals surface area (Å²) in [5, 5.41) is 0. The van der Waals surface area contributed by atoms with E-state index in [-0.39, 0.29) is 6.15 Å². The lowest BCUT2D eigenvalue weighted by molar-refractivity contribution is -0.457. The molecule has 0 atom stereocenters. The maximum absolute atomic E-state index is 12.9. The molecule has 0 aromatic heterocycles. The molecule has 0 saturated carbocycles. The van der Waals surface area contributed by atoms with Crippen LogP contribution in [0.1, 0.15) is 0 Å². The van der Waals surface area contributed by atoms with Crippen molar-refractivity contribution in [3.8, 4) is 0 Å². The third-order valence-electron chi connectivity index (χ3n) is 2.68. The Morgan fingerprint density at radius 1 is 0.414 bits per heavy atom. The summed E-state index contributed by atoms with van der Waals surface area (Å²) < 4.78 is 212. The Balaban J connectivity index is 0. The van der Waals surface area contributed by atoms with Gasteiger partial charge in [-0.05, 0) is 15.9 Å². The van der Waals surface area contributed by atoms with Gasteiger partial charge in [-0.2, -0.15) is 84.2 Å². The Labute approximate surface area is 154 Å². The molecule has 0 saturated heterocycles. The molecular formula is C9BrF17O2. The van der Waals surface area contributed by atoms with Crippen molar-refractivity contribution in [2.24, 2.45) is 0 Å². The lowest BCUT2D eigenvalue weighted by atomic mass is 9.91. The van der Waals surface area contributed by atoms with Gasteiger partial charge < -0.3 is 0 Å². The summed E-state index contributed by atoms with van der Waals surface area (Å²) in [6, 6.07) is 0. The molecule has 0 spiro atoms. The summed E-state index contributed by atoms with van der Waals surface area (Å²) in [5.41, 5.74) is 0. The third-order valence-corrected chi connectivity index (χ3v) is 3.18. The van der Waals surface area contributed by atoms with Crippen LogP contribution < -0.4 is 0 Å². The first-order valence-corrected chi connectivity index (χ1v) is 6.35. The van der Waals surface area contributed by atoms with Gasteiger partial charge in [0.15, 0.2) is 0 Å². The van der Waals surface area contributed by atoms with Crippen molar-refractivity contribution in [1.82, 2.24) is 0 Å². The molecule has 0 fully saturated rings. The largest absolute Gasteiger partial charge is 0.460 e. The number of carbonyl (C=O) groups excluding carboxylic acids is 2. The molecule has 0 heterocycles. The normalized spacial score (nSPS) is 15.4. The van der Waals surface area contributed by atoms with Crippen LogP contribution in [0.2, 0.25) is 0 Å². The van der Waals surface area contributed by atoms with Gasteiger partial charge in [0, 0.05) is 0 Å². The molecule has 174 valence electrons. The maximum Gasteiger partial charge on any atom is 0.460 e. The predicted octanol–water partition coefficient (Wildman–Crippen LogP) is 5.76. The maximum atomic E-state index is 12.9. The van der Waals surface area contributed by atoms with Crippen LogP contribution in [0.5, 0.6) is 0 Å². The van der Waals surface area contributed by atoms with Crippen LogP contribution in [0, 0.1) is 0 Å². The van der Waals surface area contributed by atoms with Gasteiger partial charge in [-0.15, -0.1) is 0 Å². The zero-order chi connectivity index (χ0) is 24.7. The highest BCUT2D eigenvalue weighted by atomic mass is 79.9. The van der Waals surface area contributed by atoms with Crippen LogP contribution in [0.4, 0.5) is 74.6 Å². The molecule has 0 unspecified atom stereocenters. The number of hydrogen-bond donors (Lipinski definition) is 0. The second-order valence-electron chi connectivity index (χ2n) is 4.53. The highest BCUT2D eigenvalue weighted by Crippen LogP contribution is 2.64. The summed E-state index contributed by atoms with van der Waals surface area (Å²) in [4.78, 5) is 9.75. The average Bonchev–Trinajstić information content (AvgIpc) is 2.44. The van der Waals surface area contributed by atoms with Gasteiger partial charge in [0.05, 0.1) is 0 Å². The Morgan fingerprint density at radius 3 is 0.759 bits per heavy atom. The van der Waals surface area contributed by atoms with Crippen LogP contribution in [0.3, 0.4) is 0 Å². The van der Waals surface area contributed by atoms with Gasteiger partial charge in [-0.1, -0.05) is 0 Å². The minimum Gasteiger partial charge on any atom is -0.192 e. The van der Waals surface area contributed by atoms with Crippen molar-refractivity contribution < 1.29 is 84.2 Å². The summed E-state index contributed by atoms with van der Waals surface area (Å²) in [6.07, 6.45) is -7.49. The summed E-state index contributed by atoms with van der Waals surface area (Å²) in [5.74, 6) is -49.6. The van der Waals surface area contributed by atoms with Crippen molar-refractivity contribution in [1.29, 1.82) is 0 Å². The van der Waals surface area contributed by atoms with E-state index < -0.39 is 46.5 Å². The first-order chi connectivity index (χ1) is 12.2. The average molecular weight is 543 g/mol. The van der Waals surface area contributed by atoms with E-state index in [1.165, 1.54) is 0 Å². The van der Waals surface area contributed by atoms with Crippen molar-refractivity contribution in [2.75, 3.05) is 0 Å². The highest BCUT2D eigenvalue weighted by molar-refractivity contribution is 9.10. The molecule has 0 aliphatic heterocycles. The van der Waals surface area contributed by atoms with E-state index in [2.05, 4.69) is 0 Å². The zero-order valence-electron chi connectivity index (χ0n) is 12.1. The number of halogens is 18. The Kier molecular flexibility index (Phi) is 7.97. The predicted molar refractivity (Wildman–Crippen MR) is 54.6 cm³/mol. The quantitative estimate of drug-likeness (QED) is 0.316. The lowest BCUT2D eigenvalue weighted by Crippen LogP contribution is -2.74. The van der Waals surface area contributed by atoms with Gasteiger partial charge in [-0.25, -0.2) is 0 Å². The smallest absolute Gasteiger partial charge is 0.192 e. The van der Waals surface area contributed by atoms with Gasteiger partial charge >= 0.3 is 52.7 Å². The lowest BCUT2D eigenvalue weighted by Gasteiger charge is -2.42. The summed E-state index contributed by atoms with van der Waals surface area (Å²) in [7, 11) is 0. The minimum absolute atomic E-state index is 0.250. The number of alkyl halides is 18. The van der Waals surface area contributed by atoms with Crippen LogP contribution in [-0.4, -0.2) is 52.7 Å². The molecule has 0 amide bonds. The van der Waals surface area contributed by atoms with Gasteiger partial charge in [0.1, 0.15) is 0 Å². The first kappa shape index (κ1) is 29.9. The summed E-state index contributed by atoms with van der Waals surface area (Å²) in [6.45, 7) is 0. The Hall–Kier alpha value is -1.33. The SMILES string of the molecule is FC(F)(F)C(F)(F)C(F)(F)C(F)(F)C(F)(F)C(F)(F)C(F)(F)C(F)(F)Br.O=C=O. The fraction of sp³-hybridized carbons (Fsp3) is 0.889. The Bertz CT molecular complexity index is 561. The second kappa shape index (κ2) is 7.73. The standard InChI is InChI=1S/C8BrF17.CO2/c9-7(22,23)5(18,19)3(14,15)1(10,11)2(12,13)4(16,17)6(20,21)8(24,25)26;2-1-3. The minimum atomic E-state index is -8.58. The van der Waals surface area contributed by atoms with Gasteiger partial charge in [0.2, 0.25) is 0 Å². The first-order valence-electron chi connectivity index (χ1n) is 5.56. The van der Waals surface area contributed by atoms with Crippen LogP contribution in [0.25, 0.3) is 0 Å².